The predicted molar refractivity (Wildman–Crippen MR) is 117 cm³/mol. The fourth-order valence-electron chi connectivity index (χ4n) is 3.35. The summed E-state index contributed by atoms with van der Waals surface area (Å²) in [5.74, 6) is -0.983. The number of carbonyl (C=O) groups is 3. The highest BCUT2D eigenvalue weighted by Gasteiger charge is 2.20. The van der Waals surface area contributed by atoms with Crippen LogP contribution >= 0.6 is 11.6 Å². The predicted octanol–water partition coefficient (Wildman–Crippen LogP) is 3.88. The maximum atomic E-state index is 12.6. The Morgan fingerprint density at radius 1 is 1.06 bits per heavy atom. The van der Waals surface area contributed by atoms with E-state index in [0.29, 0.717) is 22.0 Å². The van der Waals surface area contributed by atoms with Gasteiger partial charge in [-0.15, -0.1) is 0 Å². The van der Waals surface area contributed by atoms with Crippen LogP contribution in [0.1, 0.15) is 41.6 Å². The van der Waals surface area contributed by atoms with Crippen molar-refractivity contribution in [2.24, 2.45) is 0 Å². The molecule has 1 aliphatic rings. The Kier molecular flexibility index (Phi) is 7.89. The quantitative estimate of drug-likeness (QED) is 0.602. The number of esters is 1. The van der Waals surface area contributed by atoms with E-state index >= 15 is 0 Å². The first kappa shape index (κ1) is 22.6. The van der Waals surface area contributed by atoms with E-state index in [1.54, 1.807) is 42.5 Å². The van der Waals surface area contributed by atoms with E-state index in [2.05, 4.69) is 10.6 Å². The number of anilines is 1. The van der Waals surface area contributed by atoms with Gasteiger partial charge in [-0.3, -0.25) is 9.59 Å². The molecule has 0 unspecified atom stereocenters. The third kappa shape index (κ3) is 6.72. The summed E-state index contributed by atoms with van der Waals surface area (Å²) in [5.41, 5.74) is 1.56. The fourth-order valence-corrected chi connectivity index (χ4v) is 3.46. The zero-order valence-electron chi connectivity index (χ0n) is 17.3. The second kappa shape index (κ2) is 10.8. The molecule has 2 aromatic carbocycles. The minimum absolute atomic E-state index is 0.168. The number of rotatable bonds is 8. The van der Waals surface area contributed by atoms with Gasteiger partial charge in [-0.05, 0) is 55.7 Å². The number of amides is 2. The lowest BCUT2D eigenvalue weighted by Gasteiger charge is -2.15. The highest BCUT2D eigenvalue weighted by molar-refractivity contribution is 6.31. The number of para-hydroxylation sites is 1. The SMILES string of the molecule is Cc1cc(OCC(=O)OCC(=O)Nc2ccccc2C(=O)NC2CCCC2)ccc1Cl. The number of halogens is 1. The summed E-state index contributed by atoms with van der Waals surface area (Å²) in [5, 5.41) is 6.23. The van der Waals surface area contributed by atoms with Crippen LogP contribution in [0, 0.1) is 6.92 Å². The number of carbonyl (C=O) groups excluding carboxylic acids is 3. The van der Waals surface area contributed by atoms with Crippen molar-refractivity contribution in [3.8, 4) is 5.75 Å². The minimum atomic E-state index is -0.685. The van der Waals surface area contributed by atoms with Gasteiger partial charge in [-0.25, -0.2) is 4.79 Å². The number of benzene rings is 2. The topological polar surface area (TPSA) is 93.7 Å². The van der Waals surface area contributed by atoms with Crippen LogP contribution in [-0.2, 0) is 14.3 Å². The van der Waals surface area contributed by atoms with Gasteiger partial charge in [0.2, 0.25) is 0 Å². The minimum Gasteiger partial charge on any atom is -0.482 e. The maximum absolute atomic E-state index is 12.6. The first-order chi connectivity index (χ1) is 14.9. The van der Waals surface area contributed by atoms with Gasteiger partial charge in [0.25, 0.3) is 11.8 Å². The van der Waals surface area contributed by atoms with Gasteiger partial charge in [0.05, 0.1) is 11.3 Å². The lowest BCUT2D eigenvalue weighted by molar-refractivity contribution is -0.149. The van der Waals surface area contributed by atoms with Gasteiger partial charge in [-0.1, -0.05) is 36.6 Å². The summed E-state index contributed by atoms with van der Waals surface area (Å²) in [6, 6.07) is 11.9. The molecule has 0 atom stereocenters. The molecule has 2 N–H and O–H groups in total. The van der Waals surface area contributed by atoms with Gasteiger partial charge in [-0.2, -0.15) is 0 Å². The van der Waals surface area contributed by atoms with Gasteiger partial charge in [0, 0.05) is 11.1 Å². The van der Waals surface area contributed by atoms with Crippen LogP contribution in [0.4, 0.5) is 5.69 Å². The molecule has 1 fully saturated rings. The van der Waals surface area contributed by atoms with Gasteiger partial charge >= 0.3 is 5.97 Å². The molecule has 0 heterocycles. The van der Waals surface area contributed by atoms with E-state index in [1.165, 1.54) is 0 Å². The lowest BCUT2D eigenvalue weighted by atomic mass is 10.1. The van der Waals surface area contributed by atoms with Gasteiger partial charge in [0.15, 0.2) is 13.2 Å². The molecule has 0 radical (unpaired) electrons. The monoisotopic (exact) mass is 444 g/mol. The Morgan fingerprint density at radius 2 is 1.81 bits per heavy atom. The van der Waals surface area contributed by atoms with Crippen molar-refractivity contribution in [2.75, 3.05) is 18.5 Å². The maximum Gasteiger partial charge on any atom is 0.344 e. The zero-order chi connectivity index (χ0) is 22.2. The van der Waals surface area contributed by atoms with Crippen LogP contribution < -0.4 is 15.4 Å². The van der Waals surface area contributed by atoms with Crippen molar-refractivity contribution in [1.82, 2.24) is 5.32 Å². The standard InChI is InChI=1S/C23H25ClN2O5/c1-15-12-17(10-11-19(15)24)30-14-22(28)31-13-21(27)26-20-9-5-4-8-18(20)23(29)25-16-6-2-3-7-16/h4-5,8-12,16H,2-3,6-7,13-14H2,1H3,(H,25,29)(H,26,27). The van der Waals surface area contributed by atoms with E-state index in [1.807, 2.05) is 6.92 Å². The molecule has 7 nitrogen and oxygen atoms in total. The van der Waals surface area contributed by atoms with Crippen LogP contribution in [0.25, 0.3) is 0 Å². The Balaban J connectivity index is 1.47. The molecule has 0 aromatic heterocycles. The van der Waals surface area contributed by atoms with E-state index in [-0.39, 0.29) is 18.6 Å². The first-order valence-electron chi connectivity index (χ1n) is 10.2. The average Bonchev–Trinajstić information content (AvgIpc) is 3.26. The number of hydrogen-bond donors (Lipinski definition) is 2. The van der Waals surface area contributed by atoms with Crippen molar-refractivity contribution in [1.29, 1.82) is 0 Å². The van der Waals surface area contributed by atoms with Crippen molar-refractivity contribution in [2.45, 2.75) is 38.6 Å². The van der Waals surface area contributed by atoms with E-state index in [9.17, 15) is 14.4 Å². The summed E-state index contributed by atoms with van der Waals surface area (Å²) in [6.07, 6.45) is 4.15. The molecule has 164 valence electrons. The van der Waals surface area contributed by atoms with Crippen molar-refractivity contribution in [3.63, 3.8) is 0 Å². The Hall–Kier alpha value is -3.06. The zero-order valence-corrected chi connectivity index (χ0v) is 18.0. The lowest BCUT2D eigenvalue weighted by Crippen LogP contribution is -2.33. The van der Waals surface area contributed by atoms with Crippen molar-refractivity contribution in [3.05, 3.63) is 58.6 Å². The number of ether oxygens (including phenoxy) is 2. The normalized spacial score (nSPS) is 13.5. The summed E-state index contributed by atoms with van der Waals surface area (Å²) >= 11 is 5.95. The van der Waals surface area contributed by atoms with Crippen LogP contribution in [0.15, 0.2) is 42.5 Å². The fraction of sp³-hybridized carbons (Fsp3) is 0.348. The molecule has 0 spiro atoms. The molecule has 0 aliphatic heterocycles. The summed E-state index contributed by atoms with van der Waals surface area (Å²) in [4.78, 5) is 36.7. The smallest absolute Gasteiger partial charge is 0.344 e. The third-order valence-electron chi connectivity index (χ3n) is 4.99. The highest BCUT2D eigenvalue weighted by atomic mass is 35.5. The molecule has 0 saturated heterocycles. The Bertz CT molecular complexity index is 957. The van der Waals surface area contributed by atoms with Gasteiger partial charge < -0.3 is 20.1 Å². The molecular formula is C23H25ClN2O5. The summed E-state index contributed by atoms with van der Waals surface area (Å²) < 4.78 is 10.3. The first-order valence-corrected chi connectivity index (χ1v) is 10.5. The molecule has 31 heavy (non-hydrogen) atoms. The van der Waals surface area contributed by atoms with E-state index < -0.39 is 18.5 Å². The number of nitrogens with one attached hydrogen (secondary N) is 2. The number of hydrogen-bond acceptors (Lipinski definition) is 5. The molecular weight excluding hydrogens is 420 g/mol. The molecule has 3 rings (SSSR count). The molecule has 1 saturated carbocycles. The van der Waals surface area contributed by atoms with Crippen LogP contribution in [-0.4, -0.2) is 37.0 Å². The molecule has 1 aliphatic carbocycles. The molecule has 8 heteroatoms. The third-order valence-corrected chi connectivity index (χ3v) is 5.41. The van der Waals surface area contributed by atoms with Crippen molar-refractivity contribution < 1.29 is 23.9 Å². The van der Waals surface area contributed by atoms with Crippen LogP contribution in [0.5, 0.6) is 5.75 Å². The average molecular weight is 445 g/mol. The van der Waals surface area contributed by atoms with Crippen LogP contribution in [0.2, 0.25) is 5.02 Å². The summed E-state index contributed by atoms with van der Waals surface area (Å²) in [7, 11) is 0. The van der Waals surface area contributed by atoms with Gasteiger partial charge in [0.1, 0.15) is 5.75 Å². The van der Waals surface area contributed by atoms with E-state index in [4.69, 9.17) is 21.1 Å². The van der Waals surface area contributed by atoms with Crippen molar-refractivity contribution >= 4 is 35.1 Å². The molecule has 0 bridgehead atoms. The molecule has 2 amide bonds. The van der Waals surface area contributed by atoms with Crippen LogP contribution in [0.3, 0.4) is 0 Å². The van der Waals surface area contributed by atoms with E-state index in [0.717, 1.165) is 31.2 Å². The Labute approximate surface area is 186 Å². The summed E-state index contributed by atoms with van der Waals surface area (Å²) in [6.45, 7) is 0.999. The highest BCUT2D eigenvalue weighted by Crippen LogP contribution is 2.21. The Morgan fingerprint density at radius 3 is 2.55 bits per heavy atom. The number of aryl methyl sites for hydroxylation is 1. The molecule has 2 aromatic rings. The second-order valence-corrected chi connectivity index (χ2v) is 7.82. The second-order valence-electron chi connectivity index (χ2n) is 7.41. The largest absolute Gasteiger partial charge is 0.482 e.